The van der Waals surface area contributed by atoms with Gasteiger partial charge < -0.3 is 10.1 Å². The third-order valence-corrected chi connectivity index (χ3v) is 2.95. The van der Waals surface area contributed by atoms with E-state index in [0.29, 0.717) is 6.61 Å². The Balaban J connectivity index is 2.13. The van der Waals surface area contributed by atoms with E-state index in [1.807, 2.05) is 31.2 Å². The summed E-state index contributed by atoms with van der Waals surface area (Å²) in [6, 6.07) is 9.19. The molecule has 1 aromatic heterocycles. The van der Waals surface area contributed by atoms with Crippen LogP contribution in [0.4, 0.5) is 10.1 Å². The average molecular weight is 274 g/mol. The number of halogens is 1. The molecule has 0 saturated heterocycles. The first-order chi connectivity index (χ1) is 9.70. The number of nitrogens with zero attached hydrogens (tertiary/aromatic N) is 1. The van der Waals surface area contributed by atoms with E-state index in [1.54, 1.807) is 6.20 Å². The molecular formula is C16H19FN2O. The van der Waals surface area contributed by atoms with Gasteiger partial charge in [0.1, 0.15) is 11.6 Å². The van der Waals surface area contributed by atoms with Crippen molar-refractivity contribution in [3.8, 4) is 5.75 Å². The van der Waals surface area contributed by atoms with E-state index in [0.717, 1.165) is 23.4 Å². The molecule has 0 amide bonds. The highest BCUT2D eigenvalue weighted by Gasteiger charge is 2.10. The van der Waals surface area contributed by atoms with Crippen molar-refractivity contribution in [2.45, 2.75) is 26.3 Å². The van der Waals surface area contributed by atoms with Gasteiger partial charge in [0.25, 0.3) is 0 Å². The number of hydrogen-bond donors (Lipinski definition) is 1. The predicted octanol–water partition coefficient (Wildman–Crippen LogP) is 4.18. The van der Waals surface area contributed by atoms with Gasteiger partial charge in [-0.15, -0.1) is 0 Å². The van der Waals surface area contributed by atoms with Gasteiger partial charge in [-0.3, -0.25) is 4.98 Å². The topological polar surface area (TPSA) is 34.1 Å². The van der Waals surface area contributed by atoms with Crippen LogP contribution in [-0.2, 0) is 0 Å². The minimum Gasteiger partial charge on any atom is -0.491 e. The summed E-state index contributed by atoms with van der Waals surface area (Å²) in [7, 11) is 0. The Morgan fingerprint density at radius 2 is 2.10 bits per heavy atom. The Hall–Kier alpha value is -2.10. The van der Waals surface area contributed by atoms with Crippen molar-refractivity contribution >= 4 is 5.69 Å². The van der Waals surface area contributed by atoms with E-state index in [9.17, 15) is 4.39 Å². The van der Waals surface area contributed by atoms with E-state index < -0.39 is 0 Å². The predicted molar refractivity (Wildman–Crippen MR) is 78.5 cm³/mol. The first-order valence-electron chi connectivity index (χ1n) is 6.79. The smallest absolute Gasteiger partial charge is 0.142 e. The molecule has 2 aromatic rings. The Bertz CT molecular complexity index is 560. The molecular weight excluding hydrogens is 255 g/mol. The van der Waals surface area contributed by atoms with E-state index in [2.05, 4.69) is 17.2 Å². The minimum atomic E-state index is -0.327. The van der Waals surface area contributed by atoms with E-state index >= 15 is 0 Å². The van der Waals surface area contributed by atoms with Gasteiger partial charge in [-0.1, -0.05) is 19.1 Å². The molecule has 1 unspecified atom stereocenters. The first kappa shape index (κ1) is 14.3. The van der Waals surface area contributed by atoms with E-state index in [1.165, 1.54) is 12.3 Å². The maximum Gasteiger partial charge on any atom is 0.142 e. The molecule has 0 bridgehead atoms. The van der Waals surface area contributed by atoms with Gasteiger partial charge in [0.2, 0.25) is 0 Å². The molecule has 3 nitrogen and oxygen atoms in total. The average Bonchev–Trinajstić information content (AvgIpc) is 2.46. The summed E-state index contributed by atoms with van der Waals surface area (Å²) >= 11 is 0. The van der Waals surface area contributed by atoms with Crippen LogP contribution in [0, 0.1) is 5.82 Å². The monoisotopic (exact) mass is 274 g/mol. The number of aromatic nitrogens is 1. The first-order valence-corrected chi connectivity index (χ1v) is 6.79. The fraction of sp³-hybridized carbons (Fsp3) is 0.312. The number of hydrogen-bond acceptors (Lipinski definition) is 3. The number of nitrogens with one attached hydrogen (secondary N) is 1. The second-order valence-corrected chi connectivity index (χ2v) is 4.65. The molecule has 0 aliphatic carbocycles. The molecule has 0 saturated carbocycles. The van der Waals surface area contributed by atoms with Crippen molar-refractivity contribution < 1.29 is 9.13 Å². The quantitative estimate of drug-likeness (QED) is 0.858. The molecule has 1 heterocycles. The lowest BCUT2D eigenvalue weighted by Crippen LogP contribution is -2.09. The molecule has 1 aromatic carbocycles. The summed E-state index contributed by atoms with van der Waals surface area (Å²) in [6.45, 7) is 4.71. The van der Waals surface area contributed by atoms with Crippen LogP contribution in [0.3, 0.4) is 0 Å². The van der Waals surface area contributed by atoms with Crippen LogP contribution in [0.2, 0.25) is 0 Å². The van der Waals surface area contributed by atoms with E-state index in [-0.39, 0.29) is 11.9 Å². The molecule has 20 heavy (non-hydrogen) atoms. The van der Waals surface area contributed by atoms with Crippen molar-refractivity contribution in [2.24, 2.45) is 0 Å². The highest BCUT2D eigenvalue weighted by molar-refractivity contribution is 5.57. The standard InChI is InChI=1S/C16H19FN2O/c1-3-8-20-16-7-5-4-6-15(16)19-12(2)13-9-14(17)11-18-10-13/h4-7,9-12,19H,3,8H2,1-2H3. The Kier molecular flexibility index (Phi) is 4.93. The summed E-state index contributed by atoms with van der Waals surface area (Å²) in [5.74, 6) is 0.484. The van der Waals surface area contributed by atoms with Crippen LogP contribution < -0.4 is 10.1 Å². The van der Waals surface area contributed by atoms with Crippen molar-refractivity contribution in [2.75, 3.05) is 11.9 Å². The molecule has 106 valence electrons. The van der Waals surface area contributed by atoms with Gasteiger partial charge >= 0.3 is 0 Å². The number of anilines is 1. The zero-order valence-corrected chi connectivity index (χ0v) is 11.8. The van der Waals surface area contributed by atoms with Gasteiger partial charge in [0.15, 0.2) is 0 Å². The van der Waals surface area contributed by atoms with Crippen molar-refractivity contribution in [3.05, 3.63) is 54.1 Å². The number of rotatable bonds is 6. The third kappa shape index (κ3) is 3.70. The van der Waals surface area contributed by atoms with Crippen LogP contribution in [0.1, 0.15) is 31.9 Å². The molecule has 1 atom stereocenters. The lowest BCUT2D eigenvalue weighted by Gasteiger charge is -2.18. The molecule has 4 heteroatoms. The summed E-state index contributed by atoms with van der Waals surface area (Å²) in [4.78, 5) is 3.87. The molecule has 0 radical (unpaired) electrons. The summed E-state index contributed by atoms with van der Waals surface area (Å²) in [5, 5.41) is 3.33. The maximum absolute atomic E-state index is 13.2. The number of pyridine rings is 1. The van der Waals surface area contributed by atoms with Crippen LogP contribution >= 0.6 is 0 Å². The van der Waals surface area contributed by atoms with Gasteiger partial charge in [-0.2, -0.15) is 0 Å². The number of para-hydroxylation sites is 2. The van der Waals surface area contributed by atoms with Crippen LogP contribution in [-0.4, -0.2) is 11.6 Å². The SMILES string of the molecule is CCCOc1ccccc1NC(C)c1cncc(F)c1. The second-order valence-electron chi connectivity index (χ2n) is 4.65. The Labute approximate surface area is 118 Å². The molecule has 0 aliphatic rings. The summed E-state index contributed by atoms with van der Waals surface area (Å²) < 4.78 is 18.9. The van der Waals surface area contributed by atoms with Crippen LogP contribution in [0.25, 0.3) is 0 Å². The fourth-order valence-electron chi connectivity index (χ4n) is 1.91. The molecule has 0 spiro atoms. The third-order valence-electron chi connectivity index (χ3n) is 2.95. The fourth-order valence-corrected chi connectivity index (χ4v) is 1.91. The Morgan fingerprint density at radius 1 is 1.30 bits per heavy atom. The van der Waals surface area contributed by atoms with E-state index in [4.69, 9.17) is 4.74 Å². The second kappa shape index (κ2) is 6.89. The molecule has 1 N–H and O–H groups in total. The summed E-state index contributed by atoms with van der Waals surface area (Å²) in [6.07, 6.45) is 3.82. The molecule has 0 aliphatic heterocycles. The van der Waals surface area contributed by atoms with Crippen molar-refractivity contribution in [3.63, 3.8) is 0 Å². The highest BCUT2D eigenvalue weighted by atomic mass is 19.1. The zero-order chi connectivity index (χ0) is 14.4. The summed E-state index contributed by atoms with van der Waals surface area (Å²) in [5.41, 5.74) is 1.70. The largest absolute Gasteiger partial charge is 0.491 e. The minimum absolute atomic E-state index is 0.0513. The lowest BCUT2D eigenvalue weighted by atomic mass is 10.1. The van der Waals surface area contributed by atoms with Gasteiger partial charge in [0, 0.05) is 6.20 Å². The maximum atomic E-state index is 13.2. The molecule has 2 rings (SSSR count). The number of benzene rings is 1. The van der Waals surface area contributed by atoms with Crippen molar-refractivity contribution in [1.82, 2.24) is 4.98 Å². The normalized spacial score (nSPS) is 11.9. The highest BCUT2D eigenvalue weighted by Crippen LogP contribution is 2.28. The lowest BCUT2D eigenvalue weighted by molar-refractivity contribution is 0.318. The van der Waals surface area contributed by atoms with Gasteiger partial charge in [-0.25, -0.2) is 4.39 Å². The number of ether oxygens (including phenoxy) is 1. The Morgan fingerprint density at radius 3 is 2.85 bits per heavy atom. The van der Waals surface area contributed by atoms with Gasteiger partial charge in [-0.05, 0) is 37.1 Å². The van der Waals surface area contributed by atoms with Crippen LogP contribution in [0.15, 0.2) is 42.7 Å². The molecule has 0 fully saturated rings. The van der Waals surface area contributed by atoms with Crippen molar-refractivity contribution in [1.29, 1.82) is 0 Å². The van der Waals surface area contributed by atoms with Gasteiger partial charge in [0.05, 0.1) is 24.5 Å². The zero-order valence-electron chi connectivity index (χ0n) is 11.8. The van der Waals surface area contributed by atoms with Crippen LogP contribution in [0.5, 0.6) is 5.75 Å².